The number of tetrazole rings is 1. The number of carbonyl (C=O) groups excluding carboxylic acids is 1. The Morgan fingerprint density at radius 1 is 0.658 bits per heavy atom. The molecule has 4 aromatic carbocycles. The maximum absolute atomic E-state index is 13.2. The van der Waals surface area contributed by atoms with Gasteiger partial charge in [0, 0.05) is 31.7 Å². The molecular weight excluding hydrogens is 472 g/mol. The van der Waals surface area contributed by atoms with Crippen molar-refractivity contribution in [1.82, 2.24) is 25.1 Å². The molecule has 7 heteroatoms. The van der Waals surface area contributed by atoms with Crippen LogP contribution in [0.1, 0.15) is 22.5 Å². The third kappa shape index (κ3) is 4.12. The standard InChI is InChI=1S/C31H28N6O/c38-30-35(23-24-36(30)28-19-11-4-12-20-28)22-21-29-32-33-34-37(29)31(25-13-5-1-6-14-25,26-15-7-2-8-16-26)27-17-9-3-10-18-27/h1-20H,21-24H2. The van der Waals surface area contributed by atoms with E-state index >= 15 is 0 Å². The Bertz CT molecular complexity index is 1390. The van der Waals surface area contributed by atoms with E-state index in [1.54, 1.807) is 0 Å². The van der Waals surface area contributed by atoms with Crippen LogP contribution in [-0.2, 0) is 12.0 Å². The molecule has 0 spiro atoms. The molecule has 1 saturated heterocycles. The molecule has 1 fully saturated rings. The van der Waals surface area contributed by atoms with E-state index in [4.69, 9.17) is 0 Å². The molecule has 1 aliphatic heterocycles. The van der Waals surface area contributed by atoms with Gasteiger partial charge in [-0.15, -0.1) is 5.10 Å². The molecule has 0 aliphatic carbocycles. The SMILES string of the molecule is O=C1N(CCc2nnnn2C(c2ccccc2)(c2ccccc2)c2ccccc2)CCN1c1ccccc1. The summed E-state index contributed by atoms with van der Waals surface area (Å²) < 4.78 is 1.93. The highest BCUT2D eigenvalue weighted by Crippen LogP contribution is 2.40. The van der Waals surface area contributed by atoms with Gasteiger partial charge in [0.25, 0.3) is 0 Å². The van der Waals surface area contributed by atoms with Gasteiger partial charge in [0.2, 0.25) is 0 Å². The molecule has 1 aliphatic rings. The van der Waals surface area contributed by atoms with Crippen molar-refractivity contribution in [2.24, 2.45) is 0 Å². The van der Waals surface area contributed by atoms with Gasteiger partial charge in [0.05, 0.1) is 0 Å². The fraction of sp³-hybridized carbons (Fsp3) is 0.161. The summed E-state index contributed by atoms with van der Waals surface area (Å²) in [5.41, 5.74) is 3.30. The van der Waals surface area contributed by atoms with Gasteiger partial charge in [0.1, 0.15) is 5.54 Å². The van der Waals surface area contributed by atoms with Crippen LogP contribution in [-0.4, -0.2) is 50.8 Å². The lowest BCUT2D eigenvalue weighted by atomic mass is 9.77. The predicted octanol–water partition coefficient (Wildman–Crippen LogP) is 5.00. The van der Waals surface area contributed by atoms with Crippen molar-refractivity contribution in [3.63, 3.8) is 0 Å². The van der Waals surface area contributed by atoms with Gasteiger partial charge in [-0.1, -0.05) is 109 Å². The van der Waals surface area contributed by atoms with Crippen LogP contribution >= 0.6 is 0 Å². The molecule has 0 saturated carbocycles. The van der Waals surface area contributed by atoms with Crippen LogP contribution in [0, 0.1) is 0 Å². The number of aromatic nitrogens is 4. The zero-order valence-electron chi connectivity index (χ0n) is 21.0. The molecule has 0 N–H and O–H groups in total. The van der Waals surface area contributed by atoms with E-state index in [0.717, 1.165) is 22.4 Å². The zero-order valence-corrected chi connectivity index (χ0v) is 21.0. The summed E-state index contributed by atoms with van der Waals surface area (Å²) in [6.45, 7) is 1.85. The summed E-state index contributed by atoms with van der Waals surface area (Å²) in [7, 11) is 0. The quantitative estimate of drug-likeness (QED) is 0.281. The number of amides is 2. The number of nitrogens with zero attached hydrogens (tertiary/aromatic N) is 6. The third-order valence-corrected chi connectivity index (χ3v) is 7.19. The second-order valence-corrected chi connectivity index (χ2v) is 9.32. The van der Waals surface area contributed by atoms with Gasteiger partial charge in [-0.3, -0.25) is 4.90 Å². The van der Waals surface area contributed by atoms with E-state index in [1.807, 2.05) is 99.4 Å². The molecule has 0 bridgehead atoms. The number of anilines is 1. The maximum Gasteiger partial charge on any atom is 0.324 e. The third-order valence-electron chi connectivity index (χ3n) is 7.19. The van der Waals surface area contributed by atoms with Crippen molar-refractivity contribution >= 4 is 11.7 Å². The van der Waals surface area contributed by atoms with Crippen LogP contribution in [0.2, 0.25) is 0 Å². The molecule has 2 heterocycles. The first-order chi connectivity index (χ1) is 18.8. The molecule has 38 heavy (non-hydrogen) atoms. The minimum absolute atomic E-state index is 0.00988. The van der Waals surface area contributed by atoms with Crippen LogP contribution in [0.5, 0.6) is 0 Å². The summed E-state index contributed by atoms with van der Waals surface area (Å²) in [4.78, 5) is 16.9. The fourth-order valence-corrected chi connectivity index (χ4v) is 5.40. The second-order valence-electron chi connectivity index (χ2n) is 9.32. The molecule has 0 unspecified atom stereocenters. The molecular formula is C31H28N6O. The molecule has 7 nitrogen and oxygen atoms in total. The summed E-state index contributed by atoms with van der Waals surface area (Å²) >= 11 is 0. The molecule has 5 aromatic rings. The molecule has 0 atom stereocenters. The van der Waals surface area contributed by atoms with Crippen LogP contribution in [0.4, 0.5) is 10.5 Å². The van der Waals surface area contributed by atoms with E-state index in [-0.39, 0.29) is 6.03 Å². The lowest BCUT2D eigenvalue weighted by Gasteiger charge is -2.36. The number of hydrogen-bond acceptors (Lipinski definition) is 4. The Kier molecular flexibility index (Phi) is 6.40. The molecule has 6 rings (SSSR count). The van der Waals surface area contributed by atoms with Crippen LogP contribution < -0.4 is 4.90 Å². The lowest BCUT2D eigenvalue weighted by molar-refractivity contribution is 0.220. The highest BCUT2D eigenvalue weighted by molar-refractivity contribution is 5.94. The van der Waals surface area contributed by atoms with E-state index < -0.39 is 5.54 Å². The van der Waals surface area contributed by atoms with Crippen molar-refractivity contribution in [3.8, 4) is 0 Å². The second kappa shape index (κ2) is 10.3. The Morgan fingerprint density at radius 3 is 1.68 bits per heavy atom. The first-order valence-corrected chi connectivity index (χ1v) is 12.8. The number of urea groups is 1. The van der Waals surface area contributed by atoms with Gasteiger partial charge in [-0.2, -0.15) is 0 Å². The average Bonchev–Trinajstić information content (AvgIpc) is 3.61. The molecule has 2 amide bonds. The number of rotatable bonds is 8. The van der Waals surface area contributed by atoms with Crippen molar-refractivity contribution in [2.45, 2.75) is 12.0 Å². The van der Waals surface area contributed by atoms with Crippen LogP contribution in [0.15, 0.2) is 121 Å². The number of hydrogen-bond donors (Lipinski definition) is 0. The Labute approximate surface area is 222 Å². The van der Waals surface area contributed by atoms with Crippen molar-refractivity contribution in [2.75, 3.05) is 24.5 Å². The summed E-state index contributed by atoms with van der Waals surface area (Å²) in [6, 6.07) is 40.8. The van der Waals surface area contributed by atoms with Crippen molar-refractivity contribution in [1.29, 1.82) is 0 Å². The number of para-hydroxylation sites is 1. The summed E-state index contributed by atoms with van der Waals surface area (Å²) in [5, 5.41) is 13.2. The number of carbonyl (C=O) groups is 1. The largest absolute Gasteiger partial charge is 0.324 e. The predicted molar refractivity (Wildman–Crippen MR) is 147 cm³/mol. The van der Waals surface area contributed by atoms with Crippen LogP contribution in [0.3, 0.4) is 0 Å². The van der Waals surface area contributed by atoms with Crippen molar-refractivity contribution in [3.05, 3.63) is 144 Å². The molecule has 188 valence electrons. The van der Waals surface area contributed by atoms with E-state index in [1.165, 1.54) is 0 Å². The highest BCUT2D eigenvalue weighted by Gasteiger charge is 2.41. The lowest BCUT2D eigenvalue weighted by Crippen LogP contribution is -2.40. The maximum atomic E-state index is 13.2. The first-order valence-electron chi connectivity index (χ1n) is 12.8. The summed E-state index contributed by atoms with van der Waals surface area (Å²) in [6.07, 6.45) is 0.523. The van der Waals surface area contributed by atoms with E-state index in [9.17, 15) is 4.79 Å². The number of benzene rings is 4. The van der Waals surface area contributed by atoms with Gasteiger partial charge < -0.3 is 4.90 Å². The smallest absolute Gasteiger partial charge is 0.322 e. The first kappa shape index (κ1) is 23.6. The molecule has 1 aromatic heterocycles. The summed E-state index contributed by atoms with van der Waals surface area (Å²) in [5.74, 6) is 0.715. The Balaban J connectivity index is 1.39. The Morgan fingerprint density at radius 2 is 1.16 bits per heavy atom. The fourth-order valence-electron chi connectivity index (χ4n) is 5.40. The van der Waals surface area contributed by atoms with E-state index in [2.05, 4.69) is 51.9 Å². The topological polar surface area (TPSA) is 67.2 Å². The van der Waals surface area contributed by atoms with Gasteiger partial charge in [0.15, 0.2) is 5.82 Å². The van der Waals surface area contributed by atoms with Crippen LogP contribution in [0.25, 0.3) is 0 Å². The van der Waals surface area contributed by atoms with E-state index in [0.29, 0.717) is 31.9 Å². The normalized spacial score (nSPS) is 13.7. The van der Waals surface area contributed by atoms with Gasteiger partial charge >= 0.3 is 6.03 Å². The van der Waals surface area contributed by atoms with Crippen molar-refractivity contribution < 1.29 is 4.79 Å². The molecule has 0 radical (unpaired) electrons. The Hall–Kier alpha value is -4.78. The van der Waals surface area contributed by atoms with Gasteiger partial charge in [-0.05, 0) is 39.2 Å². The monoisotopic (exact) mass is 500 g/mol. The zero-order chi connectivity index (χ0) is 25.8. The minimum Gasteiger partial charge on any atom is -0.322 e. The minimum atomic E-state index is -0.784. The highest BCUT2D eigenvalue weighted by atomic mass is 16.2. The van der Waals surface area contributed by atoms with Gasteiger partial charge in [-0.25, -0.2) is 9.48 Å². The average molecular weight is 501 g/mol.